The lowest BCUT2D eigenvalue weighted by molar-refractivity contribution is 0.0913. The second-order valence-corrected chi connectivity index (χ2v) is 7.68. The molecule has 1 saturated heterocycles. The van der Waals surface area contributed by atoms with Crippen molar-refractivity contribution in [2.75, 3.05) is 13.1 Å². The second kappa shape index (κ2) is 7.83. The van der Waals surface area contributed by atoms with Crippen LogP contribution in [-0.2, 0) is 13.0 Å². The number of likely N-dealkylation sites (tertiary alicyclic amines) is 1. The van der Waals surface area contributed by atoms with Gasteiger partial charge in [0.2, 0.25) is 0 Å². The number of carbonyl (C=O) groups is 1. The molecular formula is C22H28N2O. The van der Waals surface area contributed by atoms with Crippen LogP contribution in [0.1, 0.15) is 48.2 Å². The molecule has 0 aromatic heterocycles. The third-order valence-electron chi connectivity index (χ3n) is 4.76. The Hall–Kier alpha value is -2.13. The van der Waals surface area contributed by atoms with Gasteiger partial charge in [-0.25, -0.2) is 0 Å². The highest BCUT2D eigenvalue weighted by Crippen LogP contribution is 2.16. The van der Waals surface area contributed by atoms with Gasteiger partial charge in [0.1, 0.15) is 0 Å². The van der Waals surface area contributed by atoms with E-state index < -0.39 is 0 Å². The summed E-state index contributed by atoms with van der Waals surface area (Å²) in [6.07, 6.45) is 3.42. The number of hydrogen-bond donors (Lipinski definition) is 1. The minimum Gasteiger partial charge on any atom is -0.347 e. The molecule has 0 aliphatic carbocycles. The monoisotopic (exact) mass is 336 g/mol. The number of nitrogens with one attached hydrogen (secondary N) is 1. The van der Waals surface area contributed by atoms with Crippen molar-refractivity contribution in [1.29, 1.82) is 0 Å². The van der Waals surface area contributed by atoms with E-state index in [0.717, 1.165) is 18.5 Å². The standard InChI is InChI=1S/C22H28N2O/c1-22(2,16-18-8-4-3-5-9-18)23-21(25)20-12-10-19(11-13-20)17-24-14-6-7-15-24/h3-5,8-13H,6-7,14-17H2,1-2H3,(H,23,25). The number of rotatable bonds is 6. The molecule has 1 aliphatic heterocycles. The summed E-state index contributed by atoms with van der Waals surface area (Å²) in [4.78, 5) is 15.1. The van der Waals surface area contributed by atoms with Crippen LogP contribution < -0.4 is 5.32 Å². The molecule has 132 valence electrons. The third kappa shape index (κ3) is 5.17. The third-order valence-corrected chi connectivity index (χ3v) is 4.76. The average molecular weight is 336 g/mol. The van der Waals surface area contributed by atoms with E-state index >= 15 is 0 Å². The molecule has 0 radical (unpaired) electrons. The van der Waals surface area contributed by atoms with Gasteiger partial charge < -0.3 is 5.32 Å². The first-order valence-corrected chi connectivity index (χ1v) is 9.20. The molecule has 1 N–H and O–H groups in total. The predicted molar refractivity (Wildman–Crippen MR) is 103 cm³/mol. The Balaban J connectivity index is 1.58. The first kappa shape index (κ1) is 17.7. The maximum absolute atomic E-state index is 12.6. The lowest BCUT2D eigenvalue weighted by Crippen LogP contribution is -2.45. The predicted octanol–water partition coefficient (Wildman–Crippen LogP) is 4.03. The first-order valence-electron chi connectivity index (χ1n) is 9.20. The Kier molecular flexibility index (Phi) is 5.54. The average Bonchev–Trinajstić information content (AvgIpc) is 3.08. The number of nitrogens with zero attached hydrogens (tertiary/aromatic N) is 1. The SMILES string of the molecule is CC(C)(Cc1ccccc1)NC(=O)c1ccc(CN2CCCC2)cc1. The topological polar surface area (TPSA) is 32.3 Å². The zero-order chi connectivity index (χ0) is 17.7. The molecule has 0 bridgehead atoms. The van der Waals surface area contributed by atoms with E-state index in [-0.39, 0.29) is 11.4 Å². The highest BCUT2D eigenvalue weighted by atomic mass is 16.1. The van der Waals surface area contributed by atoms with Crippen LogP contribution in [-0.4, -0.2) is 29.4 Å². The summed E-state index contributed by atoms with van der Waals surface area (Å²) in [5.41, 5.74) is 2.95. The van der Waals surface area contributed by atoms with Gasteiger partial charge in [0, 0.05) is 17.6 Å². The maximum Gasteiger partial charge on any atom is 0.251 e. The molecule has 3 nitrogen and oxygen atoms in total. The summed E-state index contributed by atoms with van der Waals surface area (Å²) in [6, 6.07) is 18.3. The molecule has 1 fully saturated rings. The van der Waals surface area contributed by atoms with Crippen molar-refractivity contribution in [3.8, 4) is 0 Å². The van der Waals surface area contributed by atoms with Crippen LogP contribution in [0, 0.1) is 0 Å². The van der Waals surface area contributed by atoms with Gasteiger partial charge in [0.05, 0.1) is 0 Å². The van der Waals surface area contributed by atoms with Gasteiger partial charge in [-0.3, -0.25) is 9.69 Å². The van der Waals surface area contributed by atoms with Gasteiger partial charge in [0.15, 0.2) is 0 Å². The van der Waals surface area contributed by atoms with Crippen LogP contribution in [0.25, 0.3) is 0 Å². The highest BCUT2D eigenvalue weighted by molar-refractivity contribution is 5.94. The molecule has 0 unspecified atom stereocenters. The van der Waals surface area contributed by atoms with Crippen molar-refractivity contribution in [2.45, 2.75) is 45.2 Å². The van der Waals surface area contributed by atoms with Crippen LogP contribution in [0.3, 0.4) is 0 Å². The van der Waals surface area contributed by atoms with E-state index in [0.29, 0.717) is 0 Å². The Morgan fingerprint density at radius 2 is 1.60 bits per heavy atom. The zero-order valence-corrected chi connectivity index (χ0v) is 15.3. The molecule has 1 aliphatic rings. The molecular weight excluding hydrogens is 308 g/mol. The fourth-order valence-corrected chi connectivity index (χ4v) is 3.49. The number of benzene rings is 2. The van der Waals surface area contributed by atoms with E-state index in [2.05, 4.69) is 48.3 Å². The fraction of sp³-hybridized carbons (Fsp3) is 0.409. The summed E-state index contributed by atoms with van der Waals surface area (Å²) in [6.45, 7) is 7.51. The molecule has 0 spiro atoms. The summed E-state index contributed by atoms with van der Waals surface area (Å²) in [5, 5.41) is 3.16. The van der Waals surface area contributed by atoms with Gasteiger partial charge in [-0.1, -0.05) is 42.5 Å². The Bertz CT molecular complexity index is 686. The van der Waals surface area contributed by atoms with Crippen molar-refractivity contribution in [3.05, 3.63) is 71.3 Å². The Morgan fingerprint density at radius 1 is 0.960 bits per heavy atom. The molecule has 0 atom stereocenters. The molecule has 3 heteroatoms. The summed E-state index contributed by atoms with van der Waals surface area (Å²) >= 11 is 0. The number of carbonyl (C=O) groups excluding carboxylic acids is 1. The quantitative estimate of drug-likeness (QED) is 0.864. The Morgan fingerprint density at radius 3 is 2.24 bits per heavy atom. The molecule has 2 aromatic rings. The number of amides is 1. The molecule has 1 heterocycles. The lowest BCUT2D eigenvalue weighted by atomic mass is 9.94. The fourth-order valence-electron chi connectivity index (χ4n) is 3.49. The lowest BCUT2D eigenvalue weighted by Gasteiger charge is -2.26. The van der Waals surface area contributed by atoms with Crippen LogP contribution in [0.4, 0.5) is 0 Å². The van der Waals surface area contributed by atoms with Crippen molar-refractivity contribution in [1.82, 2.24) is 10.2 Å². The van der Waals surface area contributed by atoms with Gasteiger partial charge in [-0.15, -0.1) is 0 Å². The van der Waals surface area contributed by atoms with Crippen molar-refractivity contribution in [3.63, 3.8) is 0 Å². The number of hydrogen-bond acceptors (Lipinski definition) is 2. The van der Waals surface area contributed by atoms with Crippen LogP contribution >= 0.6 is 0 Å². The summed E-state index contributed by atoms with van der Waals surface area (Å²) in [7, 11) is 0. The van der Waals surface area contributed by atoms with Gasteiger partial charge >= 0.3 is 0 Å². The van der Waals surface area contributed by atoms with E-state index in [1.165, 1.54) is 37.1 Å². The first-order chi connectivity index (χ1) is 12.0. The van der Waals surface area contributed by atoms with E-state index in [1.807, 2.05) is 30.3 Å². The van der Waals surface area contributed by atoms with E-state index in [9.17, 15) is 4.79 Å². The van der Waals surface area contributed by atoms with E-state index in [1.54, 1.807) is 0 Å². The largest absolute Gasteiger partial charge is 0.347 e. The summed E-state index contributed by atoms with van der Waals surface area (Å²) < 4.78 is 0. The highest BCUT2D eigenvalue weighted by Gasteiger charge is 2.21. The molecule has 2 aromatic carbocycles. The molecule has 3 rings (SSSR count). The van der Waals surface area contributed by atoms with Gasteiger partial charge in [-0.2, -0.15) is 0 Å². The Labute approximate surface area is 151 Å². The van der Waals surface area contributed by atoms with Crippen molar-refractivity contribution >= 4 is 5.91 Å². The van der Waals surface area contributed by atoms with Crippen LogP contribution in [0.15, 0.2) is 54.6 Å². The minimum atomic E-state index is -0.285. The minimum absolute atomic E-state index is 0.00588. The van der Waals surface area contributed by atoms with Crippen LogP contribution in [0.5, 0.6) is 0 Å². The normalized spacial score (nSPS) is 15.3. The van der Waals surface area contributed by atoms with Gasteiger partial charge in [-0.05, 0) is 69.5 Å². The van der Waals surface area contributed by atoms with Crippen molar-refractivity contribution in [2.24, 2.45) is 0 Å². The maximum atomic E-state index is 12.6. The van der Waals surface area contributed by atoms with Crippen LogP contribution in [0.2, 0.25) is 0 Å². The summed E-state index contributed by atoms with van der Waals surface area (Å²) in [5.74, 6) is -0.00588. The van der Waals surface area contributed by atoms with Crippen molar-refractivity contribution < 1.29 is 4.79 Å². The smallest absolute Gasteiger partial charge is 0.251 e. The second-order valence-electron chi connectivity index (χ2n) is 7.68. The molecule has 1 amide bonds. The zero-order valence-electron chi connectivity index (χ0n) is 15.3. The van der Waals surface area contributed by atoms with E-state index in [4.69, 9.17) is 0 Å². The molecule has 0 saturated carbocycles. The van der Waals surface area contributed by atoms with Gasteiger partial charge in [0.25, 0.3) is 5.91 Å². The molecule has 25 heavy (non-hydrogen) atoms.